The molecule has 3 heterocycles. The van der Waals surface area contributed by atoms with Gasteiger partial charge in [-0.3, -0.25) is 9.59 Å². The number of anilines is 1. The van der Waals surface area contributed by atoms with Crippen molar-refractivity contribution in [1.29, 1.82) is 0 Å². The lowest BCUT2D eigenvalue weighted by Gasteiger charge is -2.20. The third kappa shape index (κ3) is 8.23. The number of nitrogens with one attached hydrogen (secondary N) is 3. The van der Waals surface area contributed by atoms with E-state index in [2.05, 4.69) is 27.0 Å². The van der Waals surface area contributed by atoms with Gasteiger partial charge in [0.1, 0.15) is 17.0 Å². The van der Waals surface area contributed by atoms with Gasteiger partial charge in [-0.2, -0.15) is 0 Å². The van der Waals surface area contributed by atoms with Crippen molar-refractivity contribution >= 4 is 40.9 Å². The Hall–Kier alpha value is -5.23. The van der Waals surface area contributed by atoms with Gasteiger partial charge in [-0.25, -0.2) is 14.6 Å². The van der Waals surface area contributed by atoms with Crippen LogP contribution in [0.25, 0.3) is 21.6 Å². The van der Waals surface area contributed by atoms with E-state index in [1.54, 1.807) is 56.4 Å². The third-order valence-corrected chi connectivity index (χ3v) is 9.69. The van der Waals surface area contributed by atoms with Gasteiger partial charge < -0.3 is 30.2 Å². The second-order valence-corrected chi connectivity index (χ2v) is 14.8. The van der Waals surface area contributed by atoms with E-state index in [4.69, 9.17) is 14.2 Å². The number of rotatable bonds is 9. The Labute approximate surface area is 301 Å². The van der Waals surface area contributed by atoms with Crippen LogP contribution in [0.1, 0.15) is 87.2 Å². The molecule has 51 heavy (non-hydrogen) atoms. The number of nitrogens with zero attached hydrogens (tertiary/aromatic N) is 1. The minimum absolute atomic E-state index is 0.0764. The van der Waals surface area contributed by atoms with Crippen LogP contribution in [0, 0.1) is 19.8 Å². The van der Waals surface area contributed by atoms with Crippen LogP contribution in [-0.2, 0) is 22.4 Å². The summed E-state index contributed by atoms with van der Waals surface area (Å²) >= 11 is 1.57. The van der Waals surface area contributed by atoms with Crippen molar-refractivity contribution in [2.24, 2.45) is 5.92 Å². The number of hydrogen-bond acceptors (Lipinski definition) is 9. The summed E-state index contributed by atoms with van der Waals surface area (Å²) in [6.07, 6.45) is 2.34. The molecular formula is C39H42N4O7S. The number of esters is 1. The number of thiophene rings is 1. The van der Waals surface area contributed by atoms with Crippen LogP contribution >= 0.6 is 11.3 Å². The van der Waals surface area contributed by atoms with Crippen LogP contribution in [0.4, 0.5) is 10.5 Å². The van der Waals surface area contributed by atoms with Crippen LogP contribution in [-0.4, -0.2) is 54.7 Å². The zero-order valence-electron chi connectivity index (χ0n) is 29.7. The van der Waals surface area contributed by atoms with Crippen LogP contribution in [0.2, 0.25) is 0 Å². The van der Waals surface area contributed by atoms with E-state index >= 15 is 0 Å². The Kier molecular flexibility index (Phi) is 10.2. The van der Waals surface area contributed by atoms with Crippen molar-refractivity contribution in [3.63, 3.8) is 0 Å². The normalized spacial score (nSPS) is 13.5. The fourth-order valence-electron chi connectivity index (χ4n) is 6.05. The average Bonchev–Trinajstić information content (AvgIpc) is 3.84. The molecule has 6 rings (SSSR count). The van der Waals surface area contributed by atoms with E-state index in [-0.39, 0.29) is 29.4 Å². The number of amides is 3. The van der Waals surface area contributed by atoms with Gasteiger partial charge in [0.05, 0.1) is 13.7 Å². The first-order chi connectivity index (χ1) is 24.3. The van der Waals surface area contributed by atoms with E-state index in [1.165, 1.54) is 7.11 Å². The van der Waals surface area contributed by atoms with E-state index in [9.17, 15) is 19.2 Å². The van der Waals surface area contributed by atoms with Crippen LogP contribution in [0.3, 0.4) is 0 Å². The highest BCUT2D eigenvalue weighted by Crippen LogP contribution is 2.43. The molecule has 0 unspecified atom stereocenters. The molecule has 0 saturated heterocycles. The molecule has 0 bridgehead atoms. The van der Waals surface area contributed by atoms with Gasteiger partial charge in [-0.1, -0.05) is 12.1 Å². The highest BCUT2D eigenvalue weighted by Gasteiger charge is 2.28. The maximum atomic E-state index is 14.4. The molecule has 1 aliphatic heterocycles. The van der Waals surface area contributed by atoms with Crippen molar-refractivity contribution in [1.82, 2.24) is 15.6 Å². The molecule has 11 nitrogen and oxygen atoms in total. The fourth-order valence-corrected chi connectivity index (χ4v) is 7.03. The number of fused-ring (bicyclic) bond motifs is 3. The maximum absolute atomic E-state index is 14.4. The second-order valence-electron chi connectivity index (χ2n) is 13.9. The molecule has 1 fully saturated rings. The molecule has 1 saturated carbocycles. The Morgan fingerprint density at radius 3 is 2.37 bits per heavy atom. The number of aromatic nitrogens is 1. The molecule has 3 amide bonds. The lowest BCUT2D eigenvalue weighted by Crippen LogP contribution is -2.32. The summed E-state index contributed by atoms with van der Waals surface area (Å²) < 4.78 is 16.7. The number of methoxy groups -OCH3 is 1. The largest absolute Gasteiger partial charge is 0.493 e. The van der Waals surface area contributed by atoms with Gasteiger partial charge in [-0.15, -0.1) is 11.3 Å². The molecule has 12 heteroatoms. The minimum atomic E-state index is -0.744. The Bertz CT molecular complexity index is 2000. The second kappa shape index (κ2) is 14.6. The zero-order valence-corrected chi connectivity index (χ0v) is 30.5. The number of benzene rings is 2. The number of pyridine rings is 1. The smallest absolute Gasteiger partial charge is 0.407 e. The van der Waals surface area contributed by atoms with Crippen molar-refractivity contribution in [3.8, 4) is 27.3 Å². The van der Waals surface area contributed by atoms with E-state index < -0.39 is 23.6 Å². The molecule has 0 spiro atoms. The van der Waals surface area contributed by atoms with E-state index in [0.717, 1.165) is 45.5 Å². The number of carbonyl (C=O) groups excluding carboxylic acids is 4. The van der Waals surface area contributed by atoms with Gasteiger partial charge in [-0.05, 0) is 111 Å². The summed E-state index contributed by atoms with van der Waals surface area (Å²) in [6.45, 7) is 10.4. The maximum Gasteiger partial charge on any atom is 0.407 e. The third-order valence-electron chi connectivity index (χ3n) is 8.70. The minimum Gasteiger partial charge on any atom is -0.493 e. The molecule has 2 aliphatic rings. The number of carbonyl (C=O) groups is 4. The van der Waals surface area contributed by atoms with Crippen LogP contribution in [0.15, 0.2) is 47.8 Å². The molecule has 2 aromatic carbocycles. The molecule has 266 valence electrons. The van der Waals surface area contributed by atoms with Crippen LogP contribution < -0.4 is 20.7 Å². The monoisotopic (exact) mass is 710 g/mol. The lowest BCUT2D eigenvalue weighted by molar-refractivity contribution is 0.0522. The first kappa shape index (κ1) is 35.6. The molecule has 3 N–H and O–H groups in total. The predicted molar refractivity (Wildman–Crippen MR) is 196 cm³/mol. The summed E-state index contributed by atoms with van der Waals surface area (Å²) in [5, 5.41) is 10.8. The molecule has 2 aromatic heterocycles. The van der Waals surface area contributed by atoms with Gasteiger partial charge in [0.15, 0.2) is 5.69 Å². The van der Waals surface area contributed by atoms with Crippen molar-refractivity contribution in [2.45, 2.75) is 66.0 Å². The highest BCUT2D eigenvalue weighted by atomic mass is 32.1. The predicted octanol–water partition coefficient (Wildman–Crippen LogP) is 7.23. The highest BCUT2D eigenvalue weighted by molar-refractivity contribution is 7.13. The molecule has 4 aromatic rings. The van der Waals surface area contributed by atoms with Gasteiger partial charge in [0.25, 0.3) is 11.8 Å². The summed E-state index contributed by atoms with van der Waals surface area (Å²) in [5.41, 5.74) is 5.32. The summed E-state index contributed by atoms with van der Waals surface area (Å²) in [7, 11) is 1.25. The van der Waals surface area contributed by atoms with Crippen LogP contribution in [0.5, 0.6) is 5.75 Å². The molecule has 0 radical (unpaired) electrons. The Morgan fingerprint density at radius 2 is 1.69 bits per heavy atom. The topological polar surface area (TPSA) is 145 Å². The summed E-state index contributed by atoms with van der Waals surface area (Å²) in [6, 6.07) is 12.6. The lowest BCUT2D eigenvalue weighted by atomic mass is 9.93. The van der Waals surface area contributed by atoms with Crippen molar-refractivity contribution < 1.29 is 33.4 Å². The summed E-state index contributed by atoms with van der Waals surface area (Å²) in [5.74, 6) is -0.508. The van der Waals surface area contributed by atoms with Gasteiger partial charge in [0.2, 0.25) is 0 Å². The molecule has 1 aliphatic carbocycles. The quantitative estimate of drug-likeness (QED) is 0.154. The number of aryl methyl sites for hydroxylation is 2. The Balaban J connectivity index is 1.38. The van der Waals surface area contributed by atoms with Gasteiger partial charge in [0, 0.05) is 52.3 Å². The number of hydrogen-bond donors (Lipinski definition) is 3. The van der Waals surface area contributed by atoms with Gasteiger partial charge >= 0.3 is 12.1 Å². The number of ether oxygens (including phenoxy) is 3. The molecular weight excluding hydrogens is 669 g/mol. The van der Waals surface area contributed by atoms with E-state index in [0.29, 0.717) is 48.1 Å². The first-order valence-electron chi connectivity index (χ1n) is 16.9. The zero-order chi connectivity index (χ0) is 36.4. The summed E-state index contributed by atoms with van der Waals surface area (Å²) in [4.78, 5) is 58.3. The van der Waals surface area contributed by atoms with E-state index in [1.807, 2.05) is 31.4 Å². The Morgan fingerprint density at radius 1 is 0.941 bits per heavy atom. The first-order valence-corrected chi connectivity index (χ1v) is 17.8. The standard InChI is InChI=1S/C39H42N4O7S/c1-21-15-24(20-41-38(47)50-39(3,4)5)16-22(2)32(21)43-35(44)28-17-29-31(49-13-11-25-12-14-51-34(25)29)18-27(28)26-9-10-30(42-33(26)37(46)48-6)36(45)40-19-23-7-8-23/h9-10,12,14-18,23H,7-8,11,13,19-20H2,1-6H3,(H,40,45)(H,41,47)(H,43,44). The SMILES string of the molecule is COC(=O)c1nc(C(=O)NCC2CC2)ccc1-c1cc2c(cc1C(=O)Nc1c(C)cc(CNC(=O)OC(C)(C)C)cc1C)-c1sccc1CCO2. The molecule has 0 atom stereocenters. The van der Waals surface area contributed by atoms with Crippen molar-refractivity contribution in [3.05, 3.63) is 87.0 Å². The van der Waals surface area contributed by atoms with Crippen molar-refractivity contribution in [2.75, 3.05) is 25.6 Å². The fraction of sp³-hybridized carbons (Fsp3) is 0.359. The number of alkyl carbamates (subject to hydrolysis) is 1. The average molecular weight is 711 g/mol.